The first-order valence-corrected chi connectivity index (χ1v) is 8.30. The van der Waals surface area contributed by atoms with Crippen LogP contribution in [0.3, 0.4) is 0 Å². The van der Waals surface area contributed by atoms with Gasteiger partial charge in [-0.25, -0.2) is 0 Å². The minimum atomic E-state index is -0.109. The first kappa shape index (κ1) is 16.8. The molecular formula is C20H21N3O2. The van der Waals surface area contributed by atoms with Crippen LogP contribution < -0.4 is 10.6 Å². The van der Waals surface area contributed by atoms with Gasteiger partial charge < -0.3 is 15.2 Å². The van der Waals surface area contributed by atoms with Crippen LogP contribution >= 0.6 is 0 Å². The van der Waals surface area contributed by atoms with Crippen LogP contribution in [0.1, 0.15) is 6.42 Å². The van der Waals surface area contributed by atoms with E-state index >= 15 is 0 Å². The van der Waals surface area contributed by atoms with Crippen LogP contribution in [0.5, 0.6) is 0 Å². The summed E-state index contributed by atoms with van der Waals surface area (Å²) >= 11 is 0. The molecule has 2 aromatic carbocycles. The van der Waals surface area contributed by atoms with Gasteiger partial charge in [0.15, 0.2) is 0 Å². The number of nitrogens with zero attached hydrogens (tertiary/aromatic N) is 1. The Morgan fingerprint density at radius 3 is 2.44 bits per heavy atom. The van der Waals surface area contributed by atoms with Crippen molar-refractivity contribution in [3.05, 3.63) is 60.7 Å². The zero-order valence-corrected chi connectivity index (χ0v) is 14.2. The number of para-hydroxylation sites is 1. The molecule has 0 saturated carbocycles. The normalized spacial score (nSPS) is 10.6. The van der Waals surface area contributed by atoms with Gasteiger partial charge >= 0.3 is 0 Å². The maximum absolute atomic E-state index is 12.3. The van der Waals surface area contributed by atoms with Crippen molar-refractivity contribution in [3.8, 4) is 11.3 Å². The van der Waals surface area contributed by atoms with Crippen molar-refractivity contribution in [2.75, 3.05) is 13.6 Å². The van der Waals surface area contributed by atoms with E-state index in [-0.39, 0.29) is 24.8 Å². The molecule has 3 rings (SSSR count). The molecule has 0 aliphatic heterocycles. The molecule has 0 saturated heterocycles. The predicted octanol–water partition coefficient (Wildman–Crippen LogP) is 2.56. The van der Waals surface area contributed by atoms with Gasteiger partial charge in [-0.1, -0.05) is 48.5 Å². The van der Waals surface area contributed by atoms with Crippen LogP contribution in [0.25, 0.3) is 22.2 Å². The standard InChI is InChI=1S/C20H21N3O2/c1-21-19(24)11-12-22-20(25)14-23-17-10-6-5-9-16(17)13-18(23)15-7-3-2-4-8-15/h2-10,13H,11-12,14H2,1H3,(H,21,24)(H,22,25). The van der Waals surface area contributed by atoms with E-state index in [4.69, 9.17) is 0 Å². The van der Waals surface area contributed by atoms with Crippen molar-refractivity contribution in [1.29, 1.82) is 0 Å². The highest BCUT2D eigenvalue weighted by Gasteiger charge is 2.13. The summed E-state index contributed by atoms with van der Waals surface area (Å²) < 4.78 is 2.01. The lowest BCUT2D eigenvalue weighted by Gasteiger charge is -2.11. The topological polar surface area (TPSA) is 63.1 Å². The monoisotopic (exact) mass is 335 g/mol. The Labute approximate surface area is 146 Å². The van der Waals surface area contributed by atoms with E-state index in [1.54, 1.807) is 7.05 Å². The van der Waals surface area contributed by atoms with Crippen molar-refractivity contribution in [1.82, 2.24) is 15.2 Å². The van der Waals surface area contributed by atoms with Gasteiger partial charge in [0.25, 0.3) is 0 Å². The Balaban J connectivity index is 1.84. The number of benzene rings is 2. The van der Waals surface area contributed by atoms with E-state index in [1.807, 2.05) is 59.2 Å². The molecule has 0 spiro atoms. The number of hydrogen-bond donors (Lipinski definition) is 2. The number of amides is 2. The first-order chi connectivity index (χ1) is 12.2. The van der Waals surface area contributed by atoms with Gasteiger partial charge in [-0.05, 0) is 17.7 Å². The van der Waals surface area contributed by atoms with Gasteiger partial charge in [-0.2, -0.15) is 0 Å². The molecule has 0 aliphatic rings. The molecule has 128 valence electrons. The molecular weight excluding hydrogens is 314 g/mol. The number of fused-ring (bicyclic) bond motifs is 1. The molecule has 1 aromatic heterocycles. The van der Waals surface area contributed by atoms with Gasteiger partial charge in [0.1, 0.15) is 6.54 Å². The molecule has 0 aliphatic carbocycles. The molecule has 1 heterocycles. The number of rotatable bonds is 6. The Hall–Kier alpha value is -3.08. The number of hydrogen-bond acceptors (Lipinski definition) is 2. The minimum Gasteiger partial charge on any atom is -0.359 e. The Kier molecular flexibility index (Phi) is 5.14. The van der Waals surface area contributed by atoms with Crippen LogP contribution in [0.4, 0.5) is 0 Å². The fourth-order valence-corrected chi connectivity index (χ4v) is 2.87. The van der Waals surface area contributed by atoms with Crippen LogP contribution in [-0.2, 0) is 16.1 Å². The number of aromatic nitrogens is 1. The highest BCUT2D eigenvalue weighted by Crippen LogP contribution is 2.28. The van der Waals surface area contributed by atoms with E-state index in [9.17, 15) is 9.59 Å². The second kappa shape index (κ2) is 7.66. The van der Waals surface area contributed by atoms with Gasteiger partial charge in [0.05, 0.1) is 0 Å². The van der Waals surface area contributed by atoms with Crippen LogP contribution in [0, 0.1) is 0 Å². The third kappa shape index (κ3) is 3.88. The Bertz CT molecular complexity index is 884. The number of carbonyl (C=O) groups is 2. The maximum atomic E-state index is 12.3. The van der Waals surface area contributed by atoms with Crippen molar-refractivity contribution < 1.29 is 9.59 Å². The summed E-state index contributed by atoms with van der Waals surface area (Å²) in [6.07, 6.45) is 0.278. The molecule has 5 heteroatoms. The quantitative estimate of drug-likeness (QED) is 0.727. The largest absolute Gasteiger partial charge is 0.359 e. The molecule has 0 radical (unpaired) electrons. The van der Waals surface area contributed by atoms with E-state index in [2.05, 4.69) is 16.7 Å². The van der Waals surface area contributed by atoms with Gasteiger partial charge in [-0.3, -0.25) is 9.59 Å². The van der Waals surface area contributed by atoms with Crippen LogP contribution in [0.2, 0.25) is 0 Å². The average molecular weight is 335 g/mol. The van der Waals surface area contributed by atoms with E-state index in [0.717, 1.165) is 22.2 Å². The second-order valence-electron chi connectivity index (χ2n) is 5.81. The summed E-state index contributed by atoms with van der Waals surface area (Å²) in [5.74, 6) is -0.195. The highest BCUT2D eigenvalue weighted by atomic mass is 16.2. The fraction of sp³-hybridized carbons (Fsp3) is 0.200. The predicted molar refractivity (Wildman–Crippen MR) is 99.1 cm³/mol. The van der Waals surface area contributed by atoms with Crippen molar-refractivity contribution in [2.45, 2.75) is 13.0 Å². The third-order valence-corrected chi connectivity index (χ3v) is 4.13. The summed E-state index contributed by atoms with van der Waals surface area (Å²) in [7, 11) is 1.59. The van der Waals surface area contributed by atoms with Crippen molar-refractivity contribution in [2.24, 2.45) is 0 Å². The van der Waals surface area contributed by atoms with Crippen molar-refractivity contribution in [3.63, 3.8) is 0 Å². The Morgan fingerprint density at radius 2 is 1.68 bits per heavy atom. The fourth-order valence-electron chi connectivity index (χ4n) is 2.87. The summed E-state index contributed by atoms with van der Waals surface area (Å²) in [6, 6.07) is 20.1. The molecule has 0 atom stereocenters. The molecule has 25 heavy (non-hydrogen) atoms. The number of nitrogens with one attached hydrogen (secondary N) is 2. The van der Waals surface area contributed by atoms with Crippen molar-refractivity contribution >= 4 is 22.7 Å². The molecule has 0 unspecified atom stereocenters. The second-order valence-corrected chi connectivity index (χ2v) is 5.81. The molecule has 0 bridgehead atoms. The molecule has 3 aromatic rings. The summed E-state index contributed by atoms with van der Waals surface area (Å²) in [4.78, 5) is 23.6. The van der Waals surface area contributed by atoms with E-state index in [0.29, 0.717) is 6.54 Å². The van der Waals surface area contributed by atoms with Gasteiger partial charge in [-0.15, -0.1) is 0 Å². The van der Waals surface area contributed by atoms with Crippen LogP contribution in [0.15, 0.2) is 60.7 Å². The zero-order valence-electron chi connectivity index (χ0n) is 14.2. The summed E-state index contributed by atoms with van der Waals surface area (Å²) in [5.41, 5.74) is 3.09. The Morgan fingerprint density at radius 1 is 0.960 bits per heavy atom. The van der Waals surface area contributed by atoms with Crippen LogP contribution in [-0.4, -0.2) is 30.0 Å². The molecule has 5 nitrogen and oxygen atoms in total. The minimum absolute atomic E-state index is 0.0864. The van der Waals surface area contributed by atoms with E-state index < -0.39 is 0 Å². The average Bonchev–Trinajstić information content (AvgIpc) is 3.01. The SMILES string of the molecule is CNC(=O)CCNC(=O)Cn1c(-c2ccccc2)cc2ccccc21. The lowest BCUT2D eigenvalue weighted by Crippen LogP contribution is -2.31. The van der Waals surface area contributed by atoms with Gasteiger partial charge in [0.2, 0.25) is 11.8 Å². The lowest BCUT2D eigenvalue weighted by atomic mass is 10.1. The summed E-state index contributed by atoms with van der Waals surface area (Å²) in [5, 5.41) is 6.45. The lowest BCUT2D eigenvalue weighted by molar-refractivity contribution is -0.122. The first-order valence-electron chi connectivity index (χ1n) is 8.30. The highest BCUT2D eigenvalue weighted by molar-refractivity contribution is 5.89. The summed E-state index contributed by atoms with van der Waals surface area (Å²) in [6.45, 7) is 0.545. The molecule has 0 fully saturated rings. The van der Waals surface area contributed by atoms with E-state index in [1.165, 1.54) is 0 Å². The smallest absolute Gasteiger partial charge is 0.239 e. The maximum Gasteiger partial charge on any atom is 0.239 e. The molecule has 2 amide bonds. The molecule has 2 N–H and O–H groups in total. The number of carbonyl (C=O) groups excluding carboxylic acids is 2. The van der Waals surface area contributed by atoms with Gasteiger partial charge in [0, 0.05) is 36.6 Å². The third-order valence-electron chi connectivity index (χ3n) is 4.13. The zero-order chi connectivity index (χ0) is 17.6.